The topological polar surface area (TPSA) is 84.5 Å². The van der Waals surface area contributed by atoms with E-state index in [4.69, 9.17) is 16.3 Å². The zero-order valence-corrected chi connectivity index (χ0v) is 17.4. The Balaban J connectivity index is 1.69. The fraction of sp³-hybridized carbons (Fsp3) is 0.350. The fourth-order valence-corrected chi connectivity index (χ4v) is 4.56. The smallest absolute Gasteiger partial charge is 0.251 e. The summed E-state index contributed by atoms with van der Waals surface area (Å²) in [5.74, 6) is -0.841. The molecule has 2 aromatic carbocycles. The molecule has 1 amide bonds. The minimum Gasteiger partial charge on any atom is -0.377 e. The Bertz CT molecular complexity index is 1010. The van der Waals surface area contributed by atoms with Crippen molar-refractivity contribution in [3.05, 3.63) is 63.9 Å². The molecule has 0 radical (unpaired) electrons. The number of hydrogen-bond acceptors (Lipinski definition) is 4. The van der Waals surface area contributed by atoms with Crippen molar-refractivity contribution in [2.24, 2.45) is 0 Å². The molecule has 29 heavy (non-hydrogen) atoms. The second kappa shape index (κ2) is 9.21. The Kier molecular flexibility index (Phi) is 6.89. The van der Waals surface area contributed by atoms with Crippen LogP contribution >= 0.6 is 11.6 Å². The van der Waals surface area contributed by atoms with E-state index in [1.165, 1.54) is 24.3 Å². The third-order valence-corrected chi connectivity index (χ3v) is 6.60. The number of aryl methyl sites for hydroxylation is 1. The molecule has 1 heterocycles. The molecular weight excluding hydrogens is 419 g/mol. The Labute approximate surface area is 174 Å². The van der Waals surface area contributed by atoms with Crippen molar-refractivity contribution in [1.82, 2.24) is 10.0 Å². The molecule has 1 aliphatic rings. The van der Waals surface area contributed by atoms with Crippen LogP contribution in [0.5, 0.6) is 0 Å². The predicted molar refractivity (Wildman–Crippen MR) is 108 cm³/mol. The lowest BCUT2D eigenvalue weighted by Crippen LogP contribution is -2.32. The van der Waals surface area contributed by atoms with E-state index in [1.807, 2.05) is 0 Å². The van der Waals surface area contributed by atoms with Gasteiger partial charge in [-0.2, -0.15) is 0 Å². The van der Waals surface area contributed by atoms with E-state index in [9.17, 15) is 17.6 Å². The van der Waals surface area contributed by atoms with Crippen LogP contribution in [0.25, 0.3) is 0 Å². The van der Waals surface area contributed by atoms with Crippen LogP contribution in [0.2, 0.25) is 5.02 Å². The number of sulfonamides is 1. The van der Waals surface area contributed by atoms with Gasteiger partial charge >= 0.3 is 0 Å². The highest BCUT2D eigenvalue weighted by atomic mass is 35.5. The summed E-state index contributed by atoms with van der Waals surface area (Å²) < 4.78 is 46.7. The molecule has 156 valence electrons. The normalized spacial score (nSPS) is 16.7. The monoisotopic (exact) mass is 440 g/mol. The number of carbonyl (C=O) groups excluding carboxylic acids is 1. The van der Waals surface area contributed by atoms with E-state index >= 15 is 0 Å². The van der Waals surface area contributed by atoms with Crippen molar-refractivity contribution in [2.75, 3.05) is 13.2 Å². The van der Waals surface area contributed by atoms with Crippen molar-refractivity contribution >= 4 is 27.5 Å². The first-order valence-electron chi connectivity index (χ1n) is 9.20. The molecule has 0 aliphatic carbocycles. The number of ether oxygens (including phenoxy) is 1. The number of rotatable bonds is 7. The van der Waals surface area contributed by atoms with E-state index in [0.717, 1.165) is 12.8 Å². The highest BCUT2D eigenvalue weighted by Crippen LogP contribution is 2.23. The molecule has 3 rings (SSSR count). The molecule has 2 aromatic rings. The van der Waals surface area contributed by atoms with E-state index in [0.29, 0.717) is 17.7 Å². The summed E-state index contributed by atoms with van der Waals surface area (Å²) in [5.41, 5.74) is 1.25. The van der Waals surface area contributed by atoms with Crippen molar-refractivity contribution < 1.29 is 22.3 Å². The lowest BCUT2D eigenvalue weighted by molar-refractivity contribution is 0.0950. The highest BCUT2D eigenvalue weighted by Gasteiger charge is 2.23. The summed E-state index contributed by atoms with van der Waals surface area (Å²) in [4.78, 5) is 12.3. The largest absolute Gasteiger partial charge is 0.377 e. The first-order chi connectivity index (χ1) is 13.8. The molecule has 0 aromatic heterocycles. The van der Waals surface area contributed by atoms with Gasteiger partial charge in [0.25, 0.3) is 5.91 Å². The van der Waals surface area contributed by atoms with Gasteiger partial charge in [0.2, 0.25) is 10.0 Å². The summed E-state index contributed by atoms with van der Waals surface area (Å²) in [7, 11) is -3.90. The fourth-order valence-electron chi connectivity index (χ4n) is 2.97. The Morgan fingerprint density at radius 2 is 2.07 bits per heavy atom. The number of amides is 1. The molecular formula is C20H22ClFN2O4S. The second-order valence-electron chi connectivity index (χ2n) is 6.90. The Morgan fingerprint density at radius 1 is 1.28 bits per heavy atom. The maximum Gasteiger partial charge on any atom is 0.251 e. The number of benzene rings is 2. The number of nitrogens with one attached hydrogen (secondary N) is 2. The van der Waals surface area contributed by atoms with Gasteiger partial charge in [-0.25, -0.2) is 17.5 Å². The molecule has 6 nitrogen and oxygen atoms in total. The van der Waals surface area contributed by atoms with Gasteiger partial charge in [0.05, 0.1) is 11.1 Å². The molecule has 1 saturated heterocycles. The number of hydrogen-bond donors (Lipinski definition) is 2. The third kappa shape index (κ3) is 5.54. The van der Waals surface area contributed by atoms with Gasteiger partial charge in [-0.15, -0.1) is 0 Å². The summed E-state index contributed by atoms with van der Waals surface area (Å²) in [6, 6.07) is 8.72. The lowest BCUT2D eigenvalue weighted by atomic mass is 10.1. The number of carbonyl (C=O) groups is 1. The molecule has 1 unspecified atom stereocenters. The molecule has 0 saturated carbocycles. The molecule has 1 aliphatic heterocycles. The quantitative estimate of drug-likeness (QED) is 0.692. The minimum absolute atomic E-state index is 0.0157. The van der Waals surface area contributed by atoms with Crippen molar-refractivity contribution in [2.45, 2.75) is 37.3 Å². The van der Waals surface area contributed by atoms with Gasteiger partial charge in [0, 0.05) is 25.3 Å². The summed E-state index contributed by atoms with van der Waals surface area (Å²) in [5, 5.41) is 2.67. The van der Waals surface area contributed by atoms with Crippen molar-refractivity contribution in [3.63, 3.8) is 0 Å². The van der Waals surface area contributed by atoms with Crippen molar-refractivity contribution in [1.29, 1.82) is 0 Å². The molecule has 0 bridgehead atoms. The van der Waals surface area contributed by atoms with Crippen LogP contribution in [0.4, 0.5) is 4.39 Å². The molecule has 0 spiro atoms. The first kappa shape index (κ1) is 21.7. The van der Waals surface area contributed by atoms with Crippen LogP contribution in [0.15, 0.2) is 41.3 Å². The standard InChI is InChI=1S/C20H22ClFN2O4S/c1-13-4-5-14(9-18(13)22)11-23-20(25)15-6-7-17(21)19(10-15)29(26,27)24-12-16-3-2-8-28-16/h4-7,9-10,16,24H,2-3,8,11-12H2,1H3,(H,23,25). The number of halogens is 2. The maximum absolute atomic E-state index is 13.6. The minimum atomic E-state index is -3.90. The molecule has 1 fully saturated rings. The van der Waals surface area contributed by atoms with E-state index in [2.05, 4.69) is 10.0 Å². The highest BCUT2D eigenvalue weighted by molar-refractivity contribution is 7.89. The van der Waals surface area contributed by atoms with Crippen LogP contribution in [-0.4, -0.2) is 33.6 Å². The summed E-state index contributed by atoms with van der Waals surface area (Å²) >= 11 is 6.06. The zero-order valence-electron chi connectivity index (χ0n) is 15.9. The van der Waals surface area contributed by atoms with E-state index in [1.54, 1.807) is 19.1 Å². The molecule has 2 N–H and O–H groups in total. The van der Waals surface area contributed by atoms with Gasteiger partial charge in [0.1, 0.15) is 10.7 Å². The second-order valence-corrected chi connectivity index (χ2v) is 9.04. The SMILES string of the molecule is Cc1ccc(CNC(=O)c2ccc(Cl)c(S(=O)(=O)NCC3CCCO3)c2)cc1F. The van der Waals surface area contributed by atoms with Crippen LogP contribution in [0, 0.1) is 12.7 Å². The van der Waals surface area contributed by atoms with E-state index < -0.39 is 15.9 Å². The Morgan fingerprint density at radius 3 is 2.76 bits per heavy atom. The molecule has 9 heteroatoms. The first-order valence-corrected chi connectivity index (χ1v) is 11.1. The van der Waals surface area contributed by atoms with Crippen LogP contribution in [0.1, 0.15) is 34.3 Å². The van der Waals surface area contributed by atoms with Gasteiger partial charge < -0.3 is 10.1 Å². The van der Waals surface area contributed by atoms with Gasteiger partial charge in [-0.3, -0.25) is 4.79 Å². The summed E-state index contributed by atoms with van der Waals surface area (Å²) in [6.45, 7) is 2.53. The Hall–Kier alpha value is -2.00. The van der Waals surface area contributed by atoms with Crippen LogP contribution < -0.4 is 10.0 Å². The van der Waals surface area contributed by atoms with Crippen LogP contribution in [-0.2, 0) is 21.3 Å². The average Bonchev–Trinajstić information content (AvgIpc) is 3.21. The summed E-state index contributed by atoms with van der Waals surface area (Å²) in [6.07, 6.45) is 1.52. The lowest BCUT2D eigenvalue weighted by Gasteiger charge is -2.13. The van der Waals surface area contributed by atoms with Crippen LogP contribution in [0.3, 0.4) is 0 Å². The maximum atomic E-state index is 13.6. The third-order valence-electron chi connectivity index (χ3n) is 4.70. The van der Waals surface area contributed by atoms with E-state index in [-0.39, 0.29) is 40.5 Å². The van der Waals surface area contributed by atoms with Gasteiger partial charge in [0.15, 0.2) is 0 Å². The van der Waals surface area contributed by atoms with Gasteiger partial charge in [-0.05, 0) is 55.2 Å². The predicted octanol–water partition coefficient (Wildman–Crippen LogP) is 3.17. The zero-order chi connectivity index (χ0) is 21.0. The van der Waals surface area contributed by atoms with Gasteiger partial charge in [-0.1, -0.05) is 23.7 Å². The van der Waals surface area contributed by atoms with Crippen molar-refractivity contribution in [3.8, 4) is 0 Å². The molecule has 1 atom stereocenters. The average molecular weight is 441 g/mol.